The van der Waals surface area contributed by atoms with E-state index in [4.69, 9.17) is 14.3 Å². The molecule has 1 heterocycles. The van der Waals surface area contributed by atoms with E-state index in [0.29, 0.717) is 11.5 Å². The summed E-state index contributed by atoms with van der Waals surface area (Å²) in [5, 5.41) is 11.4. The molecule has 0 bridgehead atoms. The summed E-state index contributed by atoms with van der Waals surface area (Å²) in [6, 6.07) is 2.60. The molecule has 6 nitrogen and oxygen atoms in total. The summed E-state index contributed by atoms with van der Waals surface area (Å²) in [5.74, 6) is 0.0113. The van der Waals surface area contributed by atoms with Crippen molar-refractivity contribution in [3.63, 3.8) is 0 Å². The van der Waals surface area contributed by atoms with E-state index in [0.717, 1.165) is 0 Å². The van der Waals surface area contributed by atoms with Crippen LogP contribution in [0.25, 0.3) is 0 Å². The maximum atomic E-state index is 11.7. The first-order valence-corrected chi connectivity index (χ1v) is 5.95. The Hall–Kier alpha value is -1.98. The number of aliphatic carboxylic acids is 1. The van der Waals surface area contributed by atoms with Gasteiger partial charge in [-0.25, -0.2) is 4.79 Å². The number of hydrogen-bond acceptors (Lipinski definition) is 4. The fourth-order valence-electron chi connectivity index (χ4n) is 1.49. The topological polar surface area (TPSA) is 88.8 Å². The summed E-state index contributed by atoms with van der Waals surface area (Å²) in [5.41, 5.74) is -0.642. The number of alkyl carbamates (subject to hydrolysis) is 1. The SMILES string of the molecule is Cc1ccc([C@H](CC(=O)O)NC(=O)OC(C)(C)C)o1. The number of carboxylic acid groups (broad SMARTS) is 1. The van der Waals surface area contributed by atoms with Gasteiger partial charge in [0.25, 0.3) is 0 Å². The van der Waals surface area contributed by atoms with Gasteiger partial charge in [0.15, 0.2) is 0 Å². The summed E-state index contributed by atoms with van der Waals surface area (Å²) < 4.78 is 10.4. The number of nitrogens with one attached hydrogen (secondary N) is 1. The molecule has 0 spiro atoms. The Morgan fingerprint density at radius 2 is 2.05 bits per heavy atom. The summed E-state index contributed by atoms with van der Waals surface area (Å²) in [7, 11) is 0. The molecule has 0 radical (unpaired) electrons. The van der Waals surface area contributed by atoms with Crippen molar-refractivity contribution in [2.24, 2.45) is 0 Å². The zero-order chi connectivity index (χ0) is 14.6. The van der Waals surface area contributed by atoms with Crippen LogP contribution in [0.2, 0.25) is 0 Å². The van der Waals surface area contributed by atoms with Gasteiger partial charge in [0.05, 0.1) is 6.42 Å². The molecule has 1 amide bonds. The first-order chi connectivity index (χ1) is 8.67. The van der Waals surface area contributed by atoms with Crippen molar-refractivity contribution in [1.29, 1.82) is 0 Å². The third kappa shape index (κ3) is 5.46. The first-order valence-electron chi connectivity index (χ1n) is 5.95. The number of carboxylic acids is 1. The van der Waals surface area contributed by atoms with E-state index in [1.807, 2.05) is 0 Å². The van der Waals surface area contributed by atoms with E-state index in [9.17, 15) is 9.59 Å². The minimum Gasteiger partial charge on any atom is -0.481 e. The number of amides is 1. The van der Waals surface area contributed by atoms with Gasteiger partial charge in [-0.1, -0.05) is 0 Å². The molecule has 0 fully saturated rings. The molecule has 0 aromatic carbocycles. The maximum Gasteiger partial charge on any atom is 0.408 e. The van der Waals surface area contributed by atoms with E-state index in [-0.39, 0.29) is 6.42 Å². The van der Waals surface area contributed by atoms with Crippen LogP contribution in [0.3, 0.4) is 0 Å². The molecule has 1 rings (SSSR count). The van der Waals surface area contributed by atoms with E-state index in [2.05, 4.69) is 5.32 Å². The third-order valence-electron chi connectivity index (χ3n) is 2.17. The molecule has 0 saturated heterocycles. The number of rotatable bonds is 4. The van der Waals surface area contributed by atoms with Gasteiger partial charge < -0.3 is 19.6 Å². The highest BCUT2D eigenvalue weighted by atomic mass is 16.6. The van der Waals surface area contributed by atoms with Gasteiger partial charge in [-0.15, -0.1) is 0 Å². The minimum absolute atomic E-state index is 0.272. The van der Waals surface area contributed by atoms with Crippen molar-refractivity contribution in [3.05, 3.63) is 23.7 Å². The highest BCUT2D eigenvalue weighted by Crippen LogP contribution is 2.20. The van der Waals surface area contributed by atoms with Crippen LogP contribution >= 0.6 is 0 Å². The molecule has 6 heteroatoms. The summed E-state index contributed by atoms with van der Waals surface area (Å²) in [6.07, 6.45) is -0.945. The molecule has 0 saturated carbocycles. The number of hydrogen-bond donors (Lipinski definition) is 2. The predicted octanol–water partition coefficient (Wildman–Crippen LogP) is 2.63. The fourth-order valence-corrected chi connectivity index (χ4v) is 1.49. The third-order valence-corrected chi connectivity index (χ3v) is 2.17. The number of ether oxygens (including phenoxy) is 1. The molecule has 2 N–H and O–H groups in total. The summed E-state index contributed by atoms with van der Waals surface area (Å²) in [6.45, 7) is 6.94. The second-order valence-corrected chi connectivity index (χ2v) is 5.25. The van der Waals surface area contributed by atoms with Gasteiger partial charge in [-0.3, -0.25) is 4.79 Å². The van der Waals surface area contributed by atoms with Crippen LogP contribution in [0.1, 0.15) is 44.8 Å². The molecule has 0 aliphatic carbocycles. The largest absolute Gasteiger partial charge is 0.481 e. The van der Waals surface area contributed by atoms with Gasteiger partial charge >= 0.3 is 12.1 Å². The Morgan fingerprint density at radius 3 is 2.47 bits per heavy atom. The molecule has 19 heavy (non-hydrogen) atoms. The molecule has 106 valence electrons. The van der Waals surface area contributed by atoms with Crippen molar-refractivity contribution in [1.82, 2.24) is 5.32 Å². The summed E-state index contributed by atoms with van der Waals surface area (Å²) in [4.78, 5) is 22.5. The molecule has 1 aromatic rings. The normalized spacial score (nSPS) is 12.8. The number of aryl methyl sites for hydroxylation is 1. The maximum absolute atomic E-state index is 11.7. The minimum atomic E-state index is -1.03. The van der Waals surface area contributed by atoms with Crippen LogP contribution in [0.5, 0.6) is 0 Å². The zero-order valence-electron chi connectivity index (χ0n) is 11.5. The van der Waals surface area contributed by atoms with Gasteiger partial charge in [0.2, 0.25) is 0 Å². The quantitative estimate of drug-likeness (QED) is 0.877. The standard InChI is InChI=1S/C13H19NO5/c1-8-5-6-10(18-8)9(7-11(15)16)14-12(17)19-13(2,3)4/h5-6,9H,7H2,1-4H3,(H,14,17)(H,15,16)/t9-/m0/s1. The van der Waals surface area contributed by atoms with Crippen LogP contribution in [-0.2, 0) is 9.53 Å². The molecule has 0 aliphatic rings. The highest BCUT2D eigenvalue weighted by molar-refractivity contribution is 5.71. The van der Waals surface area contributed by atoms with E-state index >= 15 is 0 Å². The van der Waals surface area contributed by atoms with Crippen LogP contribution in [0, 0.1) is 6.92 Å². The highest BCUT2D eigenvalue weighted by Gasteiger charge is 2.24. The Balaban J connectivity index is 2.76. The molecule has 0 aliphatic heterocycles. The second kappa shape index (κ2) is 5.77. The van der Waals surface area contributed by atoms with Crippen LogP contribution in [0.15, 0.2) is 16.5 Å². The lowest BCUT2D eigenvalue weighted by atomic mass is 10.1. The van der Waals surface area contributed by atoms with Crippen molar-refractivity contribution < 1.29 is 23.8 Å². The van der Waals surface area contributed by atoms with Crippen molar-refractivity contribution in [2.75, 3.05) is 0 Å². The molecule has 1 aromatic heterocycles. The van der Waals surface area contributed by atoms with Crippen molar-refractivity contribution >= 4 is 12.1 Å². The van der Waals surface area contributed by atoms with Gasteiger partial charge in [-0.05, 0) is 39.8 Å². The van der Waals surface area contributed by atoms with Crippen molar-refractivity contribution in [3.8, 4) is 0 Å². The van der Waals surface area contributed by atoms with Gasteiger partial charge in [0.1, 0.15) is 23.2 Å². The average molecular weight is 269 g/mol. The predicted molar refractivity (Wildman–Crippen MR) is 67.8 cm³/mol. The Morgan fingerprint density at radius 1 is 1.42 bits per heavy atom. The lowest BCUT2D eigenvalue weighted by molar-refractivity contribution is -0.137. The molecule has 0 unspecified atom stereocenters. The Labute approximate surface area is 111 Å². The number of carbonyl (C=O) groups is 2. The van der Waals surface area contributed by atoms with Crippen molar-refractivity contribution in [2.45, 2.75) is 45.8 Å². The Bertz CT molecular complexity index is 458. The monoisotopic (exact) mass is 269 g/mol. The van der Waals surface area contributed by atoms with Crippen LogP contribution < -0.4 is 5.32 Å². The lowest BCUT2D eigenvalue weighted by Crippen LogP contribution is -2.35. The van der Waals surface area contributed by atoms with E-state index in [1.54, 1.807) is 39.8 Å². The average Bonchev–Trinajstić information content (AvgIpc) is 2.60. The van der Waals surface area contributed by atoms with E-state index < -0.39 is 23.7 Å². The second-order valence-electron chi connectivity index (χ2n) is 5.25. The molecular formula is C13H19NO5. The number of furan rings is 1. The molecular weight excluding hydrogens is 250 g/mol. The Kier molecular flexibility index (Phi) is 4.58. The van der Waals surface area contributed by atoms with Crippen LogP contribution in [-0.4, -0.2) is 22.8 Å². The number of carbonyl (C=O) groups excluding carboxylic acids is 1. The first kappa shape index (κ1) is 15.1. The fraction of sp³-hybridized carbons (Fsp3) is 0.538. The lowest BCUT2D eigenvalue weighted by Gasteiger charge is -2.22. The smallest absolute Gasteiger partial charge is 0.408 e. The van der Waals surface area contributed by atoms with Crippen LogP contribution in [0.4, 0.5) is 4.79 Å². The summed E-state index contributed by atoms with van der Waals surface area (Å²) >= 11 is 0. The van der Waals surface area contributed by atoms with Gasteiger partial charge in [0, 0.05) is 0 Å². The van der Waals surface area contributed by atoms with Gasteiger partial charge in [-0.2, -0.15) is 0 Å². The molecule has 1 atom stereocenters. The van der Waals surface area contributed by atoms with E-state index in [1.165, 1.54) is 0 Å². The zero-order valence-corrected chi connectivity index (χ0v) is 11.5.